The van der Waals surface area contributed by atoms with Gasteiger partial charge in [0.15, 0.2) is 5.79 Å². The fourth-order valence-corrected chi connectivity index (χ4v) is 3.16. The van der Waals surface area contributed by atoms with Crippen LogP contribution in [0.4, 0.5) is 0 Å². The molecule has 2 aliphatic rings. The summed E-state index contributed by atoms with van der Waals surface area (Å²) in [7, 11) is 0. The number of hydrogen-bond acceptors (Lipinski definition) is 4. The van der Waals surface area contributed by atoms with Crippen molar-refractivity contribution in [3.8, 4) is 0 Å². The normalized spacial score (nSPS) is 30.3. The first-order chi connectivity index (χ1) is 11.1. The molecule has 4 nitrogen and oxygen atoms in total. The maximum absolute atomic E-state index is 6.26. The van der Waals surface area contributed by atoms with Crippen molar-refractivity contribution in [2.75, 3.05) is 6.61 Å². The predicted molar refractivity (Wildman–Crippen MR) is 88.1 cm³/mol. The van der Waals surface area contributed by atoms with E-state index in [1.807, 2.05) is 32.0 Å². The van der Waals surface area contributed by atoms with E-state index in [1.165, 1.54) is 5.56 Å². The molecule has 0 saturated carbocycles. The molecule has 0 radical (unpaired) electrons. The van der Waals surface area contributed by atoms with Crippen LogP contribution in [0.25, 0.3) is 0 Å². The second-order valence-electron chi connectivity index (χ2n) is 6.91. The lowest BCUT2D eigenvalue weighted by atomic mass is 10.0. The van der Waals surface area contributed by atoms with Gasteiger partial charge >= 0.3 is 0 Å². The third-order valence-corrected chi connectivity index (χ3v) is 4.40. The third-order valence-electron chi connectivity index (χ3n) is 4.40. The van der Waals surface area contributed by atoms with Crippen LogP contribution in [0.15, 0.2) is 30.3 Å². The highest BCUT2D eigenvalue weighted by atomic mass is 16.8. The van der Waals surface area contributed by atoms with E-state index >= 15 is 0 Å². The van der Waals surface area contributed by atoms with E-state index in [0.717, 1.165) is 25.9 Å². The van der Waals surface area contributed by atoms with Crippen LogP contribution in [-0.4, -0.2) is 36.8 Å². The van der Waals surface area contributed by atoms with E-state index in [4.69, 9.17) is 18.9 Å². The van der Waals surface area contributed by atoms with Crippen LogP contribution in [-0.2, 0) is 25.6 Å². The quantitative estimate of drug-likeness (QED) is 0.685. The summed E-state index contributed by atoms with van der Waals surface area (Å²) in [5.74, 6) is -0.568. The van der Waals surface area contributed by atoms with Gasteiger partial charge in [-0.2, -0.15) is 0 Å². The first kappa shape index (κ1) is 16.9. The molecule has 23 heavy (non-hydrogen) atoms. The Morgan fingerprint density at radius 1 is 1.22 bits per heavy atom. The molecule has 0 amide bonds. The molecular weight excluding hydrogens is 292 g/mol. The van der Waals surface area contributed by atoms with Crippen molar-refractivity contribution >= 4 is 0 Å². The minimum Gasteiger partial charge on any atom is -0.371 e. The molecule has 1 aromatic rings. The van der Waals surface area contributed by atoms with Gasteiger partial charge in [0.1, 0.15) is 18.3 Å². The topological polar surface area (TPSA) is 40.2 Å². The summed E-state index contributed by atoms with van der Waals surface area (Å²) >= 11 is 0. The number of unbranched alkanes of at least 4 members (excludes halogenated alkanes) is 1. The first-order valence-electron chi connectivity index (χ1n) is 8.72. The van der Waals surface area contributed by atoms with Crippen molar-refractivity contribution in [2.45, 2.75) is 76.8 Å². The predicted octanol–water partition coefficient (Wildman–Crippen LogP) is 3.68. The summed E-state index contributed by atoms with van der Waals surface area (Å²) in [4.78, 5) is 0. The van der Waals surface area contributed by atoms with Crippen LogP contribution >= 0.6 is 0 Å². The Balaban J connectivity index is 1.67. The van der Waals surface area contributed by atoms with E-state index in [-0.39, 0.29) is 24.4 Å². The Hall–Kier alpha value is -0.940. The Kier molecular flexibility index (Phi) is 5.37. The molecule has 0 bridgehead atoms. The molecular formula is C19H28O4. The van der Waals surface area contributed by atoms with Crippen molar-refractivity contribution < 1.29 is 18.9 Å². The molecule has 2 aliphatic heterocycles. The van der Waals surface area contributed by atoms with E-state index in [0.29, 0.717) is 6.61 Å². The summed E-state index contributed by atoms with van der Waals surface area (Å²) in [6, 6.07) is 10.3. The van der Waals surface area contributed by atoms with E-state index in [2.05, 4.69) is 19.1 Å². The highest BCUT2D eigenvalue weighted by molar-refractivity contribution is 5.13. The minimum atomic E-state index is -0.568. The van der Waals surface area contributed by atoms with Crippen LogP contribution in [0.2, 0.25) is 0 Å². The summed E-state index contributed by atoms with van der Waals surface area (Å²) in [6.07, 6.45) is 3.36. The lowest BCUT2D eigenvalue weighted by molar-refractivity contribution is -0.161. The standard InChI is InChI=1S/C19H28O4/c1-4-5-11-15(20-12-14-9-7-6-8-10-14)17-18(16-13-21-16)23-19(2,3)22-17/h6-10,15-18H,4-5,11-13H2,1-3H3/t15-,16+,17+,18+/m0/s1. The second kappa shape index (κ2) is 7.31. The van der Waals surface area contributed by atoms with Crippen LogP contribution in [0, 0.1) is 0 Å². The zero-order valence-electron chi connectivity index (χ0n) is 14.4. The van der Waals surface area contributed by atoms with Gasteiger partial charge in [0, 0.05) is 0 Å². The van der Waals surface area contributed by atoms with Crippen LogP contribution < -0.4 is 0 Å². The van der Waals surface area contributed by atoms with Crippen molar-refractivity contribution in [1.82, 2.24) is 0 Å². The lowest BCUT2D eigenvalue weighted by Crippen LogP contribution is -2.40. The molecule has 0 aromatic heterocycles. The van der Waals surface area contributed by atoms with Crippen LogP contribution in [0.3, 0.4) is 0 Å². The first-order valence-corrected chi connectivity index (χ1v) is 8.72. The van der Waals surface area contributed by atoms with E-state index < -0.39 is 5.79 Å². The molecule has 128 valence electrons. The molecule has 0 N–H and O–H groups in total. The maximum Gasteiger partial charge on any atom is 0.164 e. The SMILES string of the molecule is CCCC[C@H](OCc1ccccc1)[C@H]1OC(C)(C)O[C@@H]1[C@H]1CO1. The van der Waals surface area contributed by atoms with Gasteiger partial charge in [0.2, 0.25) is 0 Å². The smallest absolute Gasteiger partial charge is 0.164 e. The van der Waals surface area contributed by atoms with Crippen molar-refractivity contribution in [1.29, 1.82) is 0 Å². The highest BCUT2D eigenvalue weighted by Crippen LogP contribution is 2.38. The number of hydrogen-bond donors (Lipinski definition) is 0. The minimum absolute atomic E-state index is 0.0253. The molecule has 4 atom stereocenters. The fourth-order valence-electron chi connectivity index (χ4n) is 3.16. The third kappa shape index (κ3) is 4.54. The lowest BCUT2D eigenvalue weighted by Gasteiger charge is -2.26. The molecule has 2 heterocycles. The van der Waals surface area contributed by atoms with Gasteiger partial charge in [0.05, 0.1) is 19.3 Å². The van der Waals surface area contributed by atoms with E-state index in [1.54, 1.807) is 0 Å². The zero-order chi connectivity index (χ0) is 16.3. The zero-order valence-corrected chi connectivity index (χ0v) is 14.4. The number of benzene rings is 1. The van der Waals surface area contributed by atoms with Gasteiger partial charge in [-0.05, 0) is 25.8 Å². The molecule has 0 aliphatic carbocycles. The van der Waals surface area contributed by atoms with Gasteiger partial charge in [-0.15, -0.1) is 0 Å². The molecule has 4 heteroatoms. The van der Waals surface area contributed by atoms with Gasteiger partial charge in [-0.1, -0.05) is 50.1 Å². The van der Waals surface area contributed by atoms with E-state index in [9.17, 15) is 0 Å². The van der Waals surface area contributed by atoms with Gasteiger partial charge in [0.25, 0.3) is 0 Å². The summed E-state index contributed by atoms with van der Waals surface area (Å²) in [5, 5.41) is 0. The summed E-state index contributed by atoms with van der Waals surface area (Å²) < 4.78 is 24.0. The Bertz CT molecular complexity index is 483. The fraction of sp³-hybridized carbons (Fsp3) is 0.684. The van der Waals surface area contributed by atoms with Crippen LogP contribution in [0.1, 0.15) is 45.6 Å². The summed E-state index contributed by atoms with van der Waals surface area (Å²) in [5.41, 5.74) is 1.19. The van der Waals surface area contributed by atoms with Gasteiger partial charge in [-0.3, -0.25) is 0 Å². The average Bonchev–Trinajstić information content (AvgIpc) is 3.32. The average molecular weight is 320 g/mol. The van der Waals surface area contributed by atoms with Gasteiger partial charge < -0.3 is 18.9 Å². The molecule has 2 saturated heterocycles. The van der Waals surface area contributed by atoms with Crippen molar-refractivity contribution in [2.24, 2.45) is 0 Å². The van der Waals surface area contributed by atoms with Crippen LogP contribution in [0.5, 0.6) is 0 Å². The Labute approximate surface area is 139 Å². The maximum atomic E-state index is 6.26. The Morgan fingerprint density at radius 3 is 2.61 bits per heavy atom. The molecule has 2 fully saturated rings. The number of rotatable bonds is 8. The van der Waals surface area contributed by atoms with Crippen molar-refractivity contribution in [3.05, 3.63) is 35.9 Å². The number of ether oxygens (including phenoxy) is 4. The molecule has 0 spiro atoms. The van der Waals surface area contributed by atoms with Crippen molar-refractivity contribution in [3.63, 3.8) is 0 Å². The largest absolute Gasteiger partial charge is 0.371 e. The summed E-state index contributed by atoms with van der Waals surface area (Å²) in [6.45, 7) is 7.51. The Morgan fingerprint density at radius 2 is 1.96 bits per heavy atom. The highest BCUT2D eigenvalue weighted by Gasteiger charge is 2.52. The monoisotopic (exact) mass is 320 g/mol. The molecule has 0 unspecified atom stereocenters. The van der Waals surface area contributed by atoms with Gasteiger partial charge in [-0.25, -0.2) is 0 Å². The second-order valence-corrected chi connectivity index (χ2v) is 6.91. The molecule has 1 aromatic carbocycles. The number of epoxide rings is 1. The molecule has 3 rings (SSSR count).